The monoisotopic (exact) mass is 171 g/mol. The van der Waals surface area contributed by atoms with Gasteiger partial charge in [-0.05, 0) is 25.3 Å². The zero-order valence-electron chi connectivity index (χ0n) is 6.00. The number of hydrogen-bond donors (Lipinski definition) is 0. The average molecular weight is 171 g/mol. The summed E-state index contributed by atoms with van der Waals surface area (Å²) < 4.78 is 0. The van der Waals surface area contributed by atoms with Crippen molar-refractivity contribution in [2.24, 2.45) is 0 Å². The number of hydrogen-bond acceptors (Lipinski definition) is 3. The van der Waals surface area contributed by atoms with Crippen molar-refractivity contribution in [1.29, 1.82) is 0 Å². The quantitative estimate of drug-likeness (QED) is 0.635. The summed E-state index contributed by atoms with van der Waals surface area (Å²) in [7, 11) is 3.50. The molecule has 1 nitrogen and oxygen atoms in total. The molecule has 0 spiro atoms. The van der Waals surface area contributed by atoms with E-state index in [4.69, 9.17) is 0 Å². The van der Waals surface area contributed by atoms with Crippen LogP contribution in [0.15, 0.2) is 23.2 Å². The molecule has 0 saturated heterocycles. The van der Waals surface area contributed by atoms with Gasteiger partial charge in [0.1, 0.15) is 0 Å². The fourth-order valence-corrected chi connectivity index (χ4v) is 2.20. The van der Waals surface area contributed by atoms with Gasteiger partial charge in [-0.25, -0.2) is 0 Å². The summed E-state index contributed by atoms with van der Waals surface area (Å²) in [5, 5.41) is 0. The van der Waals surface area contributed by atoms with Crippen molar-refractivity contribution in [2.75, 3.05) is 6.26 Å². The minimum Gasteiger partial charge on any atom is -0.260 e. The Kier molecular flexibility index (Phi) is 3.09. The van der Waals surface area contributed by atoms with Crippen molar-refractivity contribution in [1.82, 2.24) is 4.98 Å². The maximum atomic E-state index is 4.16. The molecule has 10 heavy (non-hydrogen) atoms. The van der Waals surface area contributed by atoms with E-state index in [1.165, 1.54) is 4.90 Å². The van der Waals surface area contributed by atoms with E-state index in [2.05, 4.69) is 17.3 Å². The normalized spacial score (nSPS) is 9.80. The molecule has 0 amide bonds. The maximum absolute atomic E-state index is 4.16. The molecular formula is C7H9NS2. The molecule has 0 unspecified atom stereocenters. The molecule has 0 fully saturated rings. The second-order valence-corrected chi connectivity index (χ2v) is 4.28. The van der Waals surface area contributed by atoms with Crippen LogP contribution in [-0.4, -0.2) is 11.2 Å². The molecule has 0 aromatic carbocycles. The lowest BCUT2D eigenvalue weighted by Gasteiger charge is -1.98. The molecule has 0 bridgehead atoms. The number of rotatable bonds is 2. The number of aryl methyl sites for hydroxylation is 1. The molecule has 0 saturated carbocycles. The van der Waals surface area contributed by atoms with E-state index in [0.717, 1.165) is 5.69 Å². The van der Waals surface area contributed by atoms with Crippen LogP contribution >= 0.6 is 21.6 Å². The summed E-state index contributed by atoms with van der Waals surface area (Å²) in [5.41, 5.74) is 1.11. The smallest absolute Gasteiger partial charge is 0.0516 e. The van der Waals surface area contributed by atoms with Crippen molar-refractivity contribution in [2.45, 2.75) is 11.8 Å². The van der Waals surface area contributed by atoms with Gasteiger partial charge in [0.2, 0.25) is 0 Å². The topological polar surface area (TPSA) is 12.9 Å². The fourth-order valence-electron chi connectivity index (χ4n) is 0.647. The highest BCUT2D eigenvalue weighted by atomic mass is 33.1. The third-order valence-corrected chi connectivity index (χ3v) is 2.95. The molecule has 54 valence electrons. The standard InChI is InChI=1S/C7H9NS2/c1-6-7(10-9-2)4-3-5-8-6/h3-5H,1-2H3. The van der Waals surface area contributed by atoms with E-state index in [0.29, 0.717) is 0 Å². The predicted octanol–water partition coefficient (Wildman–Crippen LogP) is 2.76. The molecule has 1 aromatic rings. The summed E-state index contributed by atoms with van der Waals surface area (Å²) in [5.74, 6) is 0. The number of pyridine rings is 1. The molecule has 0 atom stereocenters. The SMILES string of the molecule is CSSc1cccnc1C. The first-order valence-corrected chi connectivity index (χ1v) is 5.52. The average Bonchev–Trinajstić information content (AvgIpc) is 1.94. The molecule has 1 heterocycles. The Morgan fingerprint density at radius 1 is 1.50 bits per heavy atom. The van der Waals surface area contributed by atoms with Crippen LogP contribution in [0.4, 0.5) is 0 Å². The van der Waals surface area contributed by atoms with E-state index in [1.54, 1.807) is 21.6 Å². The lowest BCUT2D eigenvalue weighted by Crippen LogP contribution is -1.80. The van der Waals surface area contributed by atoms with Gasteiger partial charge >= 0.3 is 0 Å². The van der Waals surface area contributed by atoms with Gasteiger partial charge in [-0.3, -0.25) is 4.98 Å². The van der Waals surface area contributed by atoms with Gasteiger partial charge in [0.05, 0.1) is 5.69 Å². The minimum absolute atomic E-state index is 1.11. The molecular weight excluding hydrogens is 162 g/mol. The summed E-state index contributed by atoms with van der Waals surface area (Å²) in [6.45, 7) is 2.03. The maximum Gasteiger partial charge on any atom is 0.0516 e. The van der Waals surface area contributed by atoms with Gasteiger partial charge in [-0.2, -0.15) is 0 Å². The Hall–Kier alpha value is -0.150. The second kappa shape index (κ2) is 3.88. The van der Waals surface area contributed by atoms with Gasteiger partial charge in [0, 0.05) is 11.1 Å². The second-order valence-electron chi connectivity index (χ2n) is 1.84. The van der Waals surface area contributed by atoms with Crippen LogP contribution in [0.3, 0.4) is 0 Å². The number of nitrogens with zero attached hydrogens (tertiary/aromatic N) is 1. The van der Waals surface area contributed by atoms with Crippen LogP contribution in [0.5, 0.6) is 0 Å². The van der Waals surface area contributed by atoms with Crippen molar-refractivity contribution in [3.8, 4) is 0 Å². The zero-order chi connectivity index (χ0) is 7.40. The number of aromatic nitrogens is 1. The third-order valence-electron chi connectivity index (χ3n) is 1.13. The summed E-state index contributed by atoms with van der Waals surface area (Å²) in [4.78, 5) is 5.42. The van der Waals surface area contributed by atoms with E-state index < -0.39 is 0 Å². The molecule has 1 aromatic heterocycles. The third kappa shape index (κ3) is 1.92. The van der Waals surface area contributed by atoms with Crippen molar-refractivity contribution >= 4 is 21.6 Å². The Labute approximate surface area is 69.0 Å². The molecule has 1 rings (SSSR count). The van der Waals surface area contributed by atoms with E-state index in [-0.39, 0.29) is 0 Å². The first kappa shape index (κ1) is 7.95. The van der Waals surface area contributed by atoms with Crippen LogP contribution in [0.25, 0.3) is 0 Å². The van der Waals surface area contributed by atoms with Crippen LogP contribution in [0.1, 0.15) is 5.69 Å². The van der Waals surface area contributed by atoms with Gasteiger partial charge in [0.15, 0.2) is 0 Å². The summed E-state index contributed by atoms with van der Waals surface area (Å²) in [6, 6.07) is 4.05. The molecule has 0 aliphatic rings. The van der Waals surface area contributed by atoms with Crippen molar-refractivity contribution in [3.05, 3.63) is 24.0 Å². The predicted molar refractivity (Wildman–Crippen MR) is 48.3 cm³/mol. The summed E-state index contributed by atoms with van der Waals surface area (Å²) >= 11 is 0. The molecule has 3 heteroatoms. The van der Waals surface area contributed by atoms with Crippen molar-refractivity contribution < 1.29 is 0 Å². The molecule has 0 aliphatic carbocycles. The van der Waals surface area contributed by atoms with Crippen molar-refractivity contribution in [3.63, 3.8) is 0 Å². The largest absolute Gasteiger partial charge is 0.260 e. The van der Waals surface area contributed by atoms with Crippen LogP contribution in [0.2, 0.25) is 0 Å². The highest BCUT2D eigenvalue weighted by Gasteiger charge is 1.95. The first-order chi connectivity index (χ1) is 4.84. The van der Waals surface area contributed by atoms with Crippen LogP contribution in [0, 0.1) is 6.92 Å². The lowest BCUT2D eigenvalue weighted by molar-refractivity contribution is 1.12. The molecule has 0 N–H and O–H groups in total. The Morgan fingerprint density at radius 3 is 2.90 bits per heavy atom. The highest BCUT2D eigenvalue weighted by Crippen LogP contribution is 2.29. The Morgan fingerprint density at radius 2 is 2.30 bits per heavy atom. The highest BCUT2D eigenvalue weighted by molar-refractivity contribution is 8.76. The van der Waals surface area contributed by atoms with Crippen LogP contribution < -0.4 is 0 Å². The molecule has 0 aliphatic heterocycles. The van der Waals surface area contributed by atoms with Gasteiger partial charge in [-0.1, -0.05) is 21.6 Å². The van der Waals surface area contributed by atoms with E-state index >= 15 is 0 Å². The fraction of sp³-hybridized carbons (Fsp3) is 0.286. The Bertz CT molecular complexity index is 213. The van der Waals surface area contributed by atoms with Gasteiger partial charge in [-0.15, -0.1) is 0 Å². The van der Waals surface area contributed by atoms with E-state index in [1.807, 2.05) is 19.2 Å². The van der Waals surface area contributed by atoms with Gasteiger partial charge in [0.25, 0.3) is 0 Å². The van der Waals surface area contributed by atoms with Gasteiger partial charge < -0.3 is 0 Å². The first-order valence-electron chi connectivity index (χ1n) is 2.97. The molecule has 0 radical (unpaired) electrons. The van der Waals surface area contributed by atoms with E-state index in [9.17, 15) is 0 Å². The Balaban J connectivity index is 2.81. The summed E-state index contributed by atoms with van der Waals surface area (Å²) in [6.07, 6.45) is 3.89. The minimum atomic E-state index is 1.11. The lowest BCUT2D eigenvalue weighted by atomic mass is 10.4. The zero-order valence-corrected chi connectivity index (χ0v) is 7.63. The van der Waals surface area contributed by atoms with Crippen LogP contribution in [-0.2, 0) is 0 Å².